The summed E-state index contributed by atoms with van der Waals surface area (Å²) in [6.45, 7) is 0. The van der Waals surface area contributed by atoms with Gasteiger partial charge in [-0.05, 0) is 35.4 Å². The first kappa shape index (κ1) is 11.7. The van der Waals surface area contributed by atoms with Crippen LogP contribution in [0.15, 0.2) is 55.0 Å². The minimum Gasteiger partial charge on any atom is -0.320 e. The second kappa shape index (κ2) is 4.74. The smallest absolute Gasteiger partial charge is 0.141 e. The summed E-state index contributed by atoms with van der Waals surface area (Å²) in [7, 11) is 0. The Morgan fingerprint density at radius 2 is 1.95 bits per heavy atom. The van der Waals surface area contributed by atoms with Crippen molar-refractivity contribution in [1.29, 1.82) is 0 Å². The van der Waals surface area contributed by atoms with Crippen molar-refractivity contribution < 1.29 is 4.39 Å². The van der Waals surface area contributed by atoms with Crippen molar-refractivity contribution in [3.63, 3.8) is 0 Å². The Morgan fingerprint density at radius 3 is 2.79 bits per heavy atom. The third-order valence-corrected chi connectivity index (χ3v) is 3.07. The zero-order valence-corrected chi connectivity index (χ0v) is 10.1. The van der Waals surface area contributed by atoms with E-state index in [2.05, 4.69) is 9.97 Å². The number of fused-ring (bicyclic) bond motifs is 1. The van der Waals surface area contributed by atoms with E-state index < -0.39 is 6.04 Å². The molecule has 1 unspecified atom stereocenters. The molecule has 2 heterocycles. The molecule has 0 saturated heterocycles. The van der Waals surface area contributed by atoms with Crippen molar-refractivity contribution in [1.82, 2.24) is 9.97 Å². The topological polar surface area (TPSA) is 51.8 Å². The zero-order chi connectivity index (χ0) is 13.2. The largest absolute Gasteiger partial charge is 0.320 e. The number of rotatable bonds is 2. The van der Waals surface area contributed by atoms with E-state index in [0.717, 1.165) is 16.5 Å². The third kappa shape index (κ3) is 2.30. The summed E-state index contributed by atoms with van der Waals surface area (Å²) in [6, 6.07) is 10.7. The molecule has 3 rings (SSSR count). The molecule has 2 N–H and O–H groups in total. The Kier molecular flexibility index (Phi) is 2.93. The van der Waals surface area contributed by atoms with Crippen LogP contribution >= 0.6 is 0 Å². The second-order valence-electron chi connectivity index (χ2n) is 4.37. The van der Waals surface area contributed by atoms with Gasteiger partial charge in [-0.3, -0.25) is 9.97 Å². The molecule has 0 aliphatic rings. The standard InChI is InChI=1S/C15H12FN3/c16-13-7-12(8-18-9-13)15(17)11-3-4-14-10(6-11)2-1-5-19-14/h1-9,15H,17H2. The number of pyridine rings is 2. The lowest BCUT2D eigenvalue weighted by Gasteiger charge is -2.12. The quantitative estimate of drug-likeness (QED) is 0.764. The molecule has 4 heteroatoms. The van der Waals surface area contributed by atoms with Crippen molar-refractivity contribution in [3.8, 4) is 0 Å². The molecule has 0 aliphatic heterocycles. The van der Waals surface area contributed by atoms with Crippen LogP contribution in [0.1, 0.15) is 17.2 Å². The molecule has 19 heavy (non-hydrogen) atoms. The maximum Gasteiger partial charge on any atom is 0.141 e. The van der Waals surface area contributed by atoms with Gasteiger partial charge in [0, 0.05) is 17.8 Å². The van der Waals surface area contributed by atoms with Crippen LogP contribution in [0.25, 0.3) is 10.9 Å². The molecular weight excluding hydrogens is 241 g/mol. The molecule has 1 atom stereocenters. The molecule has 1 aromatic carbocycles. The molecule has 0 radical (unpaired) electrons. The van der Waals surface area contributed by atoms with Gasteiger partial charge in [0.15, 0.2) is 0 Å². The number of nitrogens with two attached hydrogens (primary N) is 1. The van der Waals surface area contributed by atoms with Crippen LogP contribution in [0.3, 0.4) is 0 Å². The van der Waals surface area contributed by atoms with Gasteiger partial charge in [-0.2, -0.15) is 0 Å². The van der Waals surface area contributed by atoms with Crippen LogP contribution < -0.4 is 5.73 Å². The molecule has 0 aliphatic carbocycles. The van der Waals surface area contributed by atoms with Gasteiger partial charge in [0.05, 0.1) is 17.8 Å². The first-order chi connectivity index (χ1) is 9.24. The van der Waals surface area contributed by atoms with Gasteiger partial charge in [0.25, 0.3) is 0 Å². The van der Waals surface area contributed by atoms with Crippen LogP contribution in [0.2, 0.25) is 0 Å². The minimum absolute atomic E-state index is 0.379. The molecule has 0 bridgehead atoms. The van der Waals surface area contributed by atoms with Crippen molar-refractivity contribution in [2.75, 3.05) is 0 Å². The van der Waals surface area contributed by atoms with E-state index in [0.29, 0.717) is 5.56 Å². The molecule has 0 spiro atoms. The Balaban J connectivity index is 2.04. The summed E-state index contributed by atoms with van der Waals surface area (Å²) in [5.41, 5.74) is 8.63. The Hall–Kier alpha value is -2.33. The average Bonchev–Trinajstić information content (AvgIpc) is 2.46. The SMILES string of the molecule is NC(c1cncc(F)c1)c1ccc2ncccc2c1. The maximum absolute atomic E-state index is 13.2. The lowest BCUT2D eigenvalue weighted by Crippen LogP contribution is -2.12. The van der Waals surface area contributed by atoms with Gasteiger partial charge >= 0.3 is 0 Å². The number of hydrogen-bond acceptors (Lipinski definition) is 3. The van der Waals surface area contributed by atoms with E-state index in [1.54, 1.807) is 12.4 Å². The number of hydrogen-bond donors (Lipinski definition) is 1. The molecule has 3 aromatic rings. The normalized spacial score (nSPS) is 12.5. The van der Waals surface area contributed by atoms with Gasteiger partial charge in [-0.15, -0.1) is 0 Å². The van der Waals surface area contributed by atoms with Gasteiger partial charge in [-0.25, -0.2) is 4.39 Å². The lowest BCUT2D eigenvalue weighted by atomic mass is 9.99. The summed E-state index contributed by atoms with van der Waals surface area (Å²) in [5, 5.41) is 1.01. The van der Waals surface area contributed by atoms with Crippen LogP contribution in [-0.2, 0) is 0 Å². The van der Waals surface area contributed by atoms with Gasteiger partial charge < -0.3 is 5.73 Å². The Labute approximate surface area is 109 Å². The highest BCUT2D eigenvalue weighted by Gasteiger charge is 2.10. The van der Waals surface area contributed by atoms with Crippen LogP contribution in [0.4, 0.5) is 4.39 Å². The molecule has 94 valence electrons. The highest BCUT2D eigenvalue weighted by atomic mass is 19.1. The Bertz CT molecular complexity index is 727. The Morgan fingerprint density at radius 1 is 1.05 bits per heavy atom. The molecular formula is C15H12FN3. The van der Waals surface area contributed by atoms with E-state index in [-0.39, 0.29) is 5.82 Å². The summed E-state index contributed by atoms with van der Waals surface area (Å²) in [5.74, 6) is -0.379. The molecule has 0 fully saturated rings. The fourth-order valence-electron chi connectivity index (χ4n) is 2.08. The van der Waals surface area contributed by atoms with Crippen molar-refractivity contribution in [2.45, 2.75) is 6.04 Å². The van der Waals surface area contributed by atoms with Crippen LogP contribution in [-0.4, -0.2) is 9.97 Å². The van der Waals surface area contributed by atoms with E-state index in [1.165, 1.54) is 12.3 Å². The molecule has 2 aromatic heterocycles. The van der Waals surface area contributed by atoms with Crippen molar-refractivity contribution >= 4 is 10.9 Å². The van der Waals surface area contributed by atoms with E-state index in [9.17, 15) is 4.39 Å². The highest BCUT2D eigenvalue weighted by Crippen LogP contribution is 2.22. The predicted octanol–water partition coefficient (Wildman–Crippen LogP) is 2.82. The number of aromatic nitrogens is 2. The predicted molar refractivity (Wildman–Crippen MR) is 72.0 cm³/mol. The van der Waals surface area contributed by atoms with E-state index >= 15 is 0 Å². The van der Waals surface area contributed by atoms with Crippen LogP contribution in [0, 0.1) is 5.82 Å². The molecule has 0 saturated carbocycles. The third-order valence-electron chi connectivity index (χ3n) is 3.07. The summed E-state index contributed by atoms with van der Waals surface area (Å²) < 4.78 is 13.2. The first-order valence-corrected chi connectivity index (χ1v) is 5.95. The number of halogens is 1. The number of benzene rings is 1. The van der Waals surface area contributed by atoms with Crippen molar-refractivity contribution in [2.24, 2.45) is 5.73 Å². The molecule has 0 amide bonds. The number of nitrogens with zero attached hydrogens (tertiary/aromatic N) is 2. The van der Waals surface area contributed by atoms with E-state index in [4.69, 9.17) is 5.73 Å². The maximum atomic E-state index is 13.2. The van der Waals surface area contributed by atoms with Gasteiger partial charge in [0.2, 0.25) is 0 Å². The van der Waals surface area contributed by atoms with Gasteiger partial charge in [-0.1, -0.05) is 12.1 Å². The van der Waals surface area contributed by atoms with Crippen molar-refractivity contribution in [3.05, 3.63) is 71.9 Å². The van der Waals surface area contributed by atoms with E-state index in [1.807, 2.05) is 30.3 Å². The lowest BCUT2D eigenvalue weighted by molar-refractivity contribution is 0.616. The fraction of sp³-hybridized carbons (Fsp3) is 0.0667. The average molecular weight is 253 g/mol. The minimum atomic E-state index is -0.396. The first-order valence-electron chi connectivity index (χ1n) is 5.95. The molecule has 3 nitrogen and oxygen atoms in total. The monoisotopic (exact) mass is 253 g/mol. The second-order valence-corrected chi connectivity index (χ2v) is 4.37. The van der Waals surface area contributed by atoms with Gasteiger partial charge in [0.1, 0.15) is 5.82 Å². The summed E-state index contributed by atoms with van der Waals surface area (Å²) in [4.78, 5) is 8.08. The summed E-state index contributed by atoms with van der Waals surface area (Å²) in [6.07, 6.45) is 4.50. The summed E-state index contributed by atoms with van der Waals surface area (Å²) >= 11 is 0. The van der Waals surface area contributed by atoms with Crippen LogP contribution in [0.5, 0.6) is 0 Å². The fourth-order valence-corrected chi connectivity index (χ4v) is 2.08. The highest BCUT2D eigenvalue weighted by molar-refractivity contribution is 5.79. The zero-order valence-electron chi connectivity index (χ0n) is 10.1.